The van der Waals surface area contributed by atoms with Crippen LogP contribution < -0.4 is 0 Å². The zero-order valence-electron chi connectivity index (χ0n) is 9.54. The maximum absolute atomic E-state index is 12.2. The van der Waals surface area contributed by atoms with Crippen molar-refractivity contribution >= 4 is 22.4 Å². The third-order valence-corrected chi connectivity index (χ3v) is 3.30. The number of hydrogen-bond donors (Lipinski definition) is 0. The molecule has 0 aliphatic rings. The molecule has 2 aromatic rings. The Morgan fingerprint density at radius 2 is 1.67 bits per heavy atom. The highest BCUT2D eigenvalue weighted by molar-refractivity contribution is 6.21. The first kappa shape index (κ1) is 13.2. The second-order valence-corrected chi connectivity index (χ2v) is 4.72. The van der Waals surface area contributed by atoms with E-state index in [0.717, 1.165) is 16.3 Å². The van der Waals surface area contributed by atoms with Crippen molar-refractivity contribution in [2.45, 2.75) is 24.4 Å². The van der Waals surface area contributed by atoms with E-state index in [-0.39, 0.29) is 6.42 Å². The van der Waals surface area contributed by atoms with Crippen LogP contribution >= 0.6 is 11.6 Å². The van der Waals surface area contributed by atoms with Crippen LogP contribution in [-0.4, -0.2) is 6.18 Å². The summed E-state index contributed by atoms with van der Waals surface area (Å²) in [5.74, 6) is 0. The zero-order chi connectivity index (χ0) is 13.2. The van der Waals surface area contributed by atoms with Gasteiger partial charge in [0.2, 0.25) is 0 Å². The molecular weight excluding hydrogens is 261 g/mol. The third-order valence-electron chi connectivity index (χ3n) is 2.84. The summed E-state index contributed by atoms with van der Waals surface area (Å²) in [7, 11) is 0. The molecule has 0 spiro atoms. The molecule has 0 radical (unpaired) electrons. The highest BCUT2D eigenvalue weighted by Gasteiger charge is 2.28. The van der Waals surface area contributed by atoms with Crippen LogP contribution in [0.15, 0.2) is 42.5 Å². The van der Waals surface area contributed by atoms with Gasteiger partial charge in [-0.15, -0.1) is 11.6 Å². The van der Waals surface area contributed by atoms with Crippen LogP contribution in [0.25, 0.3) is 10.8 Å². The summed E-state index contributed by atoms with van der Waals surface area (Å²) in [4.78, 5) is 0. The maximum atomic E-state index is 12.2. The third kappa shape index (κ3) is 3.16. The summed E-state index contributed by atoms with van der Waals surface area (Å²) >= 11 is 6.09. The Morgan fingerprint density at radius 1 is 1.00 bits per heavy atom. The van der Waals surface area contributed by atoms with E-state index in [1.165, 1.54) is 0 Å². The van der Waals surface area contributed by atoms with Gasteiger partial charge in [0.1, 0.15) is 0 Å². The normalized spacial score (nSPS) is 13.8. The van der Waals surface area contributed by atoms with Crippen molar-refractivity contribution in [1.29, 1.82) is 0 Å². The minimum absolute atomic E-state index is 0.0982. The zero-order valence-corrected chi connectivity index (χ0v) is 10.3. The van der Waals surface area contributed by atoms with E-state index < -0.39 is 18.0 Å². The molecule has 1 unspecified atom stereocenters. The quantitative estimate of drug-likeness (QED) is 0.651. The number of alkyl halides is 4. The number of benzene rings is 2. The smallest absolute Gasteiger partial charge is 0.171 e. The predicted octanol–water partition coefficient (Wildman–Crippen LogP) is 5.46. The molecule has 0 N–H and O–H groups in total. The monoisotopic (exact) mass is 272 g/mol. The van der Waals surface area contributed by atoms with E-state index in [4.69, 9.17) is 11.6 Å². The van der Waals surface area contributed by atoms with Crippen molar-refractivity contribution in [1.82, 2.24) is 0 Å². The van der Waals surface area contributed by atoms with Crippen molar-refractivity contribution in [2.75, 3.05) is 0 Å². The second kappa shape index (κ2) is 5.19. The average molecular weight is 273 g/mol. The van der Waals surface area contributed by atoms with Gasteiger partial charge in [0, 0.05) is 6.42 Å². The average Bonchev–Trinajstić information content (AvgIpc) is 2.34. The van der Waals surface area contributed by atoms with Gasteiger partial charge in [-0.25, -0.2) is 0 Å². The highest BCUT2D eigenvalue weighted by Crippen LogP contribution is 2.34. The molecule has 0 saturated heterocycles. The Kier molecular flexibility index (Phi) is 3.81. The van der Waals surface area contributed by atoms with E-state index in [1.54, 1.807) is 6.07 Å². The molecule has 0 aromatic heterocycles. The Bertz CT molecular complexity index is 529. The topological polar surface area (TPSA) is 0 Å². The summed E-state index contributed by atoms with van der Waals surface area (Å²) in [6.45, 7) is 0. The lowest BCUT2D eigenvalue weighted by atomic mass is 10.00. The lowest BCUT2D eigenvalue weighted by Gasteiger charge is -2.14. The van der Waals surface area contributed by atoms with E-state index in [1.807, 2.05) is 36.4 Å². The standard InChI is InChI=1S/C14H12ClF3/c15-13(8-9-14(16,17)18)12-7-3-5-10-4-1-2-6-11(10)12/h1-7,13H,8-9H2. The summed E-state index contributed by atoms with van der Waals surface area (Å²) < 4.78 is 36.6. The molecular formula is C14H12ClF3. The van der Waals surface area contributed by atoms with Gasteiger partial charge in [0.15, 0.2) is 0 Å². The highest BCUT2D eigenvalue weighted by atomic mass is 35.5. The van der Waals surface area contributed by atoms with Gasteiger partial charge >= 0.3 is 6.18 Å². The predicted molar refractivity (Wildman–Crippen MR) is 67.8 cm³/mol. The molecule has 0 aliphatic carbocycles. The Morgan fingerprint density at radius 3 is 2.39 bits per heavy atom. The molecule has 0 bridgehead atoms. The molecule has 0 heterocycles. The second-order valence-electron chi connectivity index (χ2n) is 4.19. The molecule has 2 rings (SSSR count). The van der Waals surface area contributed by atoms with Crippen molar-refractivity contribution in [2.24, 2.45) is 0 Å². The first-order chi connectivity index (χ1) is 8.47. The molecule has 0 amide bonds. The fourth-order valence-corrected chi connectivity index (χ4v) is 2.27. The molecule has 0 saturated carbocycles. The minimum Gasteiger partial charge on any atom is -0.171 e. The van der Waals surface area contributed by atoms with Crippen LogP contribution in [0, 0.1) is 0 Å². The molecule has 4 heteroatoms. The van der Waals surface area contributed by atoms with Crippen LogP contribution in [0.5, 0.6) is 0 Å². The van der Waals surface area contributed by atoms with Crippen LogP contribution in [0.4, 0.5) is 13.2 Å². The van der Waals surface area contributed by atoms with Gasteiger partial charge in [-0.3, -0.25) is 0 Å². The number of fused-ring (bicyclic) bond motifs is 1. The first-order valence-corrected chi connectivity index (χ1v) is 6.09. The Balaban J connectivity index is 2.25. The Labute approximate surface area is 108 Å². The van der Waals surface area contributed by atoms with E-state index >= 15 is 0 Å². The van der Waals surface area contributed by atoms with Crippen LogP contribution in [0.1, 0.15) is 23.8 Å². The van der Waals surface area contributed by atoms with Crippen LogP contribution in [0.2, 0.25) is 0 Å². The molecule has 0 aliphatic heterocycles. The van der Waals surface area contributed by atoms with Gasteiger partial charge < -0.3 is 0 Å². The van der Waals surface area contributed by atoms with Crippen molar-refractivity contribution in [3.8, 4) is 0 Å². The number of halogens is 4. The molecule has 96 valence electrons. The summed E-state index contributed by atoms with van der Waals surface area (Å²) in [5, 5.41) is 1.30. The van der Waals surface area contributed by atoms with E-state index in [9.17, 15) is 13.2 Å². The maximum Gasteiger partial charge on any atom is 0.389 e. The molecule has 2 aromatic carbocycles. The van der Waals surface area contributed by atoms with E-state index in [0.29, 0.717) is 0 Å². The molecule has 18 heavy (non-hydrogen) atoms. The molecule has 0 nitrogen and oxygen atoms in total. The van der Waals surface area contributed by atoms with Gasteiger partial charge in [0.05, 0.1) is 5.38 Å². The van der Waals surface area contributed by atoms with Crippen molar-refractivity contribution in [3.05, 3.63) is 48.0 Å². The number of hydrogen-bond acceptors (Lipinski definition) is 0. The first-order valence-electron chi connectivity index (χ1n) is 5.66. The number of rotatable bonds is 3. The molecule has 1 atom stereocenters. The van der Waals surface area contributed by atoms with Gasteiger partial charge in [0.25, 0.3) is 0 Å². The van der Waals surface area contributed by atoms with Crippen LogP contribution in [-0.2, 0) is 0 Å². The van der Waals surface area contributed by atoms with Gasteiger partial charge in [-0.1, -0.05) is 42.5 Å². The van der Waals surface area contributed by atoms with Gasteiger partial charge in [-0.2, -0.15) is 13.2 Å². The SMILES string of the molecule is FC(F)(F)CCC(Cl)c1cccc2ccccc12. The summed E-state index contributed by atoms with van der Waals surface area (Å²) in [6.07, 6.45) is -5.11. The minimum atomic E-state index is -4.16. The summed E-state index contributed by atoms with van der Waals surface area (Å²) in [6, 6.07) is 13.1. The van der Waals surface area contributed by atoms with Crippen molar-refractivity contribution in [3.63, 3.8) is 0 Å². The lowest BCUT2D eigenvalue weighted by Crippen LogP contribution is -2.08. The summed E-state index contributed by atoms with van der Waals surface area (Å²) in [5.41, 5.74) is 0.763. The largest absolute Gasteiger partial charge is 0.389 e. The molecule has 0 fully saturated rings. The van der Waals surface area contributed by atoms with Crippen LogP contribution in [0.3, 0.4) is 0 Å². The lowest BCUT2D eigenvalue weighted by molar-refractivity contribution is -0.135. The van der Waals surface area contributed by atoms with E-state index in [2.05, 4.69) is 0 Å². The Hall–Kier alpha value is -1.22. The van der Waals surface area contributed by atoms with Gasteiger partial charge in [-0.05, 0) is 22.8 Å². The fourth-order valence-electron chi connectivity index (χ4n) is 1.97. The fraction of sp³-hybridized carbons (Fsp3) is 0.286. The van der Waals surface area contributed by atoms with Crippen molar-refractivity contribution < 1.29 is 13.2 Å².